The minimum Gasteiger partial charge on any atom is -0.504 e. The summed E-state index contributed by atoms with van der Waals surface area (Å²) in [6.45, 7) is 0. The number of nitrogens with zero attached hydrogens (tertiary/aromatic N) is 1. The van der Waals surface area contributed by atoms with Crippen LogP contribution in [-0.2, 0) is 0 Å². The first-order valence-corrected chi connectivity index (χ1v) is 5.91. The van der Waals surface area contributed by atoms with Crippen LogP contribution < -0.4 is 5.56 Å². The van der Waals surface area contributed by atoms with E-state index in [0.717, 1.165) is 6.07 Å². The summed E-state index contributed by atoms with van der Waals surface area (Å²) in [5.41, 5.74) is -0.404. The van der Waals surface area contributed by atoms with E-state index in [4.69, 9.17) is 0 Å². The molecule has 6 nitrogen and oxygen atoms in total. The fourth-order valence-electron chi connectivity index (χ4n) is 2.03. The first kappa shape index (κ1) is 12.9. The molecule has 0 saturated heterocycles. The van der Waals surface area contributed by atoms with Crippen molar-refractivity contribution in [2.75, 3.05) is 0 Å². The molecule has 106 valence electrons. The van der Waals surface area contributed by atoms with Crippen molar-refractivity contribution in [3.63, 3.8) is 0 Å². The lowest BCUT2D eigenvalue weighted by Crippen LogP contribution is -2.10. The van der Waals surface area contributed by atoms with Gasteiger partial charge in [0.05, 0.1) is 5.52 Å². The van der Waals surface area contributed by atoms with E-state index in [0.29, 0.717) is 5.56 Å². The largest absolute Gasteiger partial charge is 0.504 e. The highest BCUT2D eigenvalue weighted by molar-refractivity contribution is 5.89. The Labute approximate surface area is 116 Å². The molecule has 0 saturated carbocycles. The molecule has 0 fully saturated rings. The maximum Gasteiger partial charge on any atom is 0.262 e. The monoisotopic (exact) mass is 288 g/mol. The number of phenols is 3. The van der Waals surface area contributed by atoms with Crippen molar-refractivity contribution in [1.29, 1.82) is 0 Å². The first-order valence-electron chi connectivity index (χ1n) is 5.91. The van der Waals surface area contributed by atoms with Gasteiger partial charge in [-0.15, -0.1) is 0 Å². The summed E-state index contributed by atoms with van der Waals surface area (Å²) >= 11 is 0. The van der Waals surface area contributed by atoms with Crippen molar-refractivity contribution < 1.29 is 19.7 Å². The van der Waals surface area contributed by atoms with Gasteiger partial charge in [-0.1, -0.05) is 12.1 Å². The molecule has 3 rings (SSSR count). The van der Waals surface area contributed by atoms with Gasteiger partial charge in [-0.3, -0.25) is 4.79 Å². The normalized spacial score (nSPS) is 10.9. The smallest absolute Gasteiger partial charge is 0.262 e. The van der Waals surface area contributed by atoms with Crippen LogP contribution in [0.4, 0.5) is 4.39 Å². The zero-order chi connectivity index (χ0) is 15.1. The Morgan fingerprint density at radius 3 is 2.57 bits per heavy atom. The molecule has 2 aromatic carbocycles. The number of hydrogen-bond acceptors (Lipinski definition) is 5. The van der Waals surface area contributed by atoms with Gasteiger partial charge in [0.25, 0.3) is 5.56 Å². The number of phenolic OH excluding ortho intramolecular Hbond substituents is 3. The summed E-state index contributed by atoms with van der Waals surface area (Å²) in [5, 5.41) is 28.3. The molecule has 7 heteroatoms. The molecule has 0 aliphatic rings. The Kier molecular flexibility index (Phi) is 2.76. The molecule has 3 aromatic rings. The third-order valence-electron chi connectivity index (χ3n) is 3.02. The number of aromatic amines is 1. The van der Waals surface area contributed by atoms with Crippen LogP contribution >= 0.6 is 0 Å². The number of halogens is 1. The van der Waals surface area contributed by atoms with Crippen molar-refractivity contribution in [3.05, 3.63) is 46.5 Å². The Balaban J connectivity index is 2.34. The van der Waals surface area contributed by atoms with Gasteiger partial charge in [0.2, 0.25) is 5.75 Å². The van der Waals surface area contributed by atoms with Gasteiger partial charge < -0.3 is 20.3 Å². The van der Waals surface area contributed by atoms with Crippen molar-refractivity contribution >= 4 is 10.9 Å². The number of benzene rings is 2. The van der Waals surface area contributed by atoms with Gasteiger partial charge in [-0.2, -0.15) is 0 Å². The van der Waals surface area contributed by atoms with Crippen LogP contribution in [0.1, 0.15) is 0 Å². The van der Waals surface area contributed by atoms with E-state index in [1.54, 1.807) is 6.07 Å². The second kappa shape index (κ2) is 4.48. The molecule has 0 aliphatic heterocycles. The third kappa shape index (κ3) is 2.04. The molecule has 4 N–H and O–H groups in total. The van der Waals surface area contributed by atoms with E-state index in [1.165, 1.54) is 18.2 Å². The van der Waals surface area contributed by atoms with Crippen LogP contribution in [0, 0.1) is 5.82 Å². The van der Waals surface area contributed by atoms with E-state index >= 15 is 0 Å². The molecule has 1 aromatic heterocycles. The maximum absolute atomic E-state index is 13.2. The van der Waals surface area contributed by atoms with Crippen LogP contribution in [0.15, 0.2) is 35.1 Å². The molecular weight excluding hydrogens is 279 g/mol. The second-order valence-electron chi connectivity index (χ2n) is 4.41. The van der Waals surface area contributed by atoms with E-state index < -0.39 is 28.6 Å². The van der Waals surface area contributed by atoms with Gasteiger partial charge in [-0.25, -0.2) is 9.37 Å². The third-order valence-corrected chi connectivity index (χ3v) is 3.02. The van der Waals surface area contributed by atoms with E-state index in [-0.39, 0.29) is 16.7 Å². The molecule has 0 spiro atoms. The summed E-state index contributed by atoms with van der Waals surface area (Å²) < 4.78 is 13.2. The fraction of sp³-hybridized carbons (Fsp3) is 0. The predicted molar refractivity (Wildman–Crippen MR) is 72.8 cm³/mol. The van der Waals surface area contributed by atoms with Crippen LogP contribution in [-0.4, -0.2) is 25.3 Å². The van der Waals surface area contributed by atoms with Gasteiger partial charge in [0, 0.05) is 11.6 Å². The van der Waals surface area contributed by atoms with Gasteiger partial charge >= 0.3 is 0 Å². The number of hydrogen-bond donors (Lipinski definition) is 4. The van der Waals surface area contributed by atoms with Crippen LogP contribution in [0.2, 0.25) is 0 Å². The number of H-pyrrole nitrogens is 1. The Hall–Kier alpha value is -3.09. The van der Waals surface area contributed by atoms with Crippen molar-refractivity contribution in [2.45, 2.75) is 0 Å². The van der Waals surface area contributed by atoms with E-state index in [1.807, 2.05) is 0 Å². The van der Waals surface area contributed by atoms with Crippen molar-refractivity contribution in [2.24, 2.45) is 0 Å². The van der Waals surface area contributed by atoms with Gasteiger partial charge in [-0.05, 0) is 12.1 Å². The first-order chi connectivity index (χ1) is 9.97. The summed E-state index contributed by atoms with van der Waals surface area (Å²) in [6.07, 6.45) is 0. The molecule has 0 unspecified atom stereocenters. The summed E-state index contributed by atoms with van der Waals surface area (Å²) in [4.78, 5) is 18.5. The molecule has 21 heavy (non-hydrogen) atoms. The number of aromatic hydroxyl groups is 3. The van der Waals surface area contributed by atoms with E-state index in [9.17, 15) is 24.5 Å². The zero-order valence-electron chi connectivity index (χ0n) is 10.5. The number of rotatable bonds is 1. The Morgan fingerprint density at radius 2 is 1.86 bits per heavy atom. The minimum absolute atomic E-state index is 0.0224. The molecule has 0 radical (unpaired) electrons. The number of aromatic nitrogens is 2. The standard InChI is InChI=1S/C14H9FN2O4/c15-7-3-1-2-6(4-7)13-16-8-5-9(18)11(19)12(20)10(8)14(21)17-13/h1-5,18-20H,(H,16,17,21). The quantitative estimate of drug-likeness (QED) is 0.511. The predicted octanol–water partition coefficient (Wildman–Crippen LogP) is 1.85. The lowest BCUT2D eigenvalue weighted by molar-refractivity contribution is 0.371. The number of fused-ring (bicyclic) bond motifs is 1. The summed E-state index contributed by atoms with van der Waals surface area (Å²) in [6, 6.07) is 6.49. The Bertz CT molecular complexity index is 921. The molecule has 0 bridgehead atoms. The molecule has 0 atom stereocenters. The van der Waals surface area contributed by atoms with Crippen molar-refractivity contribution in [1.82, 2.24) is 9.97 Å². The topological polar surface area (TPSA) is 106 Å². The fourth-order valence-corrected chi connectivity index (χ4v) is 2.03. The van der Waals surface area contributed by atoms with Crippen LogP contribution in [0.25, 0.3) is 22.3 Å². The SMILES string of the molecule is O=c1[nH]c(-c2cccc(F)c2)nc2cc(O)c(O)c(O)c12. The molecule has 0 aliphatic carbocycles. The minimum atomic E-state index is -0.798. The highest BCUT2D eigenvalue weighted by Gasteiger charge is 2.16. The average Bonchev–Trinajstić information content (AvgIpc) is 2.44. The highest BCUT2D eigenvalue weighted by atomic mass is 19.1. The Morgan fingerprint density at radius 1 is 1.10 bits per heavy atom. The van der Waals surface area contributed by atoms with Crippen LogP contribution in [0.3, 0.4) is 0 Å². The van der Waals surface area contributed by atoms with E-state index in [2.05, 4.69) is 9.97 Å². The lowest BCUT2D eigenvalue weighted by atomic mass is 10.1. The van der Waals surface area contributed by atoms with Gasteiger partial charge in [0.15, 0.2) is 11.5 Å². The maximum atomic E-state index is 13.2. The molecular formula is C14H9FN2O4. The van der Waals surface area contributed by atoms with Gasteiger partial charge in [0.1, 0.15) is 17.0 Å². The summed E-state index contributed by atoms with van der Waals surface area (Å²) in [7, 11) is 0. The molecule has 0 amide bonds. The van der Waals surface area contributed by atoms with Crippen molar-refractivity contribution in [3.8, 4) is 28.6 Å². The highest BCUT2D eigenvalue weighted by Crippen LogP contribution is 2.39. The lowest BCUT2D eigenvalue weighted by Gasteiger charge is -2.07. The molecule has 1 heterocycles. The summed E-state index contributed by atoms with van der Waals surface area (Å²) in [5.74, 6) is -2.58. The zero-order valence-corrected chi connectivity index (χ0v) is 10.5. The average molecular weight is 288 g/mol. The number of nitrogens with one attached hydrogen (secondary N) is 1. The van der Waals surface area contributed by atoms with Crippen LogP contribution in [0.5, 0.6) is 17.2 Å². The second-order valence-corrected chi connectivity index (χ2v) is 4.41.